The highest BCUT2D eigenvalue weighted by Gasteiger charge is 2.15. The summed E-state index contributed by atoms with van der Waals surface area (Å²) in [5, 5.41) is 24.0. The van der Waals surface area contributed by atoms with Gasteiger partial charge >= 0.3 is 0 Å². The fraction of sp³-hybridized carbons (Fsp3) is 0.167. The van der Waals surface area contributed by atoms with Crippen molar-refractivity contribution in [3.63, 3.8) is 0 Å². The van der Waals surface area contributed by atoms with Crippen LogP contribution < -0.4 is 9.47 Å². The molecule has 24 heavy (non-hydrogen) atoms. The van der Waals surface area contributed by atoms with Crippen LogP contribution >= 0.6 is 0 Å². The number of aryl methyl sites for hydroxylation is 1. The molecule has 0 unspecified atom stereocenters. The molecule has 0 aliphatic carbocycles. The first-order valence-corrected chi connectivity index (χ1v) is 7.32. The van der Waals surface area contributed by atoms with Crippen LogP contribution in [0.15, 0.2) is 42.5 Å². The lowest BCUT2D eigenvalue weighted by Gasteiger charge is -2.10. The number of phenols is 2. The lowest BCUT2D eigenvalue weighted by Crippen LogP contribution is -1.94. The number of phenolic OH excluding ortho intramolecular Hbond substituents is 2. The Morgan fingerprint density at radius 1 is 0.875 bits per heavy atom. The molecule has 0 saturated heterocycles. The van der Waals surface area contributed by atoms with E-state index in [2.05, 4.69) is 5.10 Å². The third-order valence-corrected chi connectivity index (χ3v) is 3.82. The molecule has 0 bridgehead atoms. The molecule has 0 aliphatic heterocycles. The lowest BCUT2D eigenvalue weighted by molar-refractivity contribution is 0.340. The molecule has 3 aromatic rings. The van der Waals surface area contributed by atoms with Gasteiger partial charge in [-0.3, -0.25) is 4.68 Å². The number of methoxy groups -OCH3 is 2. The van der Waals surface area contributed by atoms with Crippen LogP contribution in [0.2, 0.25) is 0 Å². The number of hydrogen-bond acceptors (Lipinski definition) is 5. The minimum absolute atomic E-state index is 0.0431. The summed E-state index contributed by atoms with van der Waals surface area (Å²) in [5.41, 5.74) is 3.32. The Bertz CT molecular complexity index is 844. The molecule has 0 radical (unpaired) electrons. The van der Waals surface area contributed by atoms with Crippen molar-refractivity contribution in [1.82, 2.24) is 9.78 Å². The molecule has 2 N–H and O–H groups in total. The number of ether oxygens (including phenoxy) is 2. The summed E-state index contributed by atoms with van der Waals surface area (Å²) in [6, 6.07) is 12.3. The molecule has 0 saturated carbocycles. The Kier molecular flexibility index (Phi) is 4.04. The first kappa shape index (κ1) is 15.7. The fourth-order valence-corrected chi connectivity index (χ4v) is 2.55. The van der Waals surface area contributed by atoms with Gasteiger partial charge in [0.05, 0.1) is 25.6 Å². The minimum atomic E-state index is -0.0431. The maximum Gasteiger partial charge on any atom is 0.200 e. The Morgan fingerprint density at radius 2 is 1.46 bits per heavy atom. The molecule has 0 atom stereocenters. The molecule has 1 aromatic heterocycles. The normalized spacial score (nSPS) is 10.6. The lowest BCUT2D eigenvalue weighted by atomic mass is 10.1. The monoisotopic (exact) mass is 326 g/mol. The standard InChI is InChI=1S/C18H18N2O4/c1-20-15(11-4-6-13(21)7-5-11)10-14(19-20)12-8-16(23-2)18(22)17(9-12)24-3/h4-10,21-22H,1-3H3. The third kappa shape index (κ3) is 2.74. The fourth-order valence-electron chi connectivity index (χ4n) is 2.55. The Morgan fingerprint density at radius 3 is 2.00 bits per heavy atom. The molecule has 0 aliphatic rings. The van der Waals surface area contributed by atoms with Gasteiger partial charge in [-0.1, -0.05) is 0 Å². The minimum Gasteiger partial charge on any atom is -0.508 e. The molecule has 2 aromatic carbocycles. The van der Waals surface area contributed by atoms with Gasteiger partial charge in [0.25, 0.3) is 0 Å². The van der Waals surface area contributed by atoms with E-state index >= 15 is 0 Å². The first-order valence-electron chi connectivity index (χ1n) is 7.32. The zero-order chi connectivity index (χ0) is 17.3. The van der Waals surface area contributed by atoms with Gasteiger partial charge < -0.3 is 19.7 Å². The second-order valence-electron chi connectivity index (χ2n) is 5.31. The van der Waals surface area contributed by atoms with E-state index in [1.807, 2.05) is 25.2 Å². The molecule has 1 heterocycles. The predicted molar refractivity (Wildman–Crippen MR) is 90.5 cm³/mol. The van der Waals surface area contributed by atoms with Crippen molar-refractivity contribution in [1.29, 1.82) is 0 Å². The van der Waals surface area contributed by atoms with Crippen molar-refractivity contribution in [3.05, 3.63) is 42.5 Å². The maximum atomic E-state index is 10.0. The number of aromatic nitrogens is 2. The van der Waals surface area contributed by atoms with Gasteiger partial charge in [-0.05, 0) is 42.5 Å². The summed E-state index contributed by atoms with van der Waals surface area (Å²) in [4.78, 5) is 0. The summed E-state index contributed by atoms with van der Waals surface area (Å²) in [6.45, 7) is 0. The van der Waals surface area contributed by atoms with Crippen molar-refractivity contribution >= 4 is 0 Å². The van der Waals surface area contributed by atoms with Crippen LogP contribution in [0.4, 0.5) is 0 Å². The van der Waals surface area contributed by atoms with Gasteiger partial charge in [0.2, 0.25) is 5.75 Å². The maximum absolute atomic E-state index is 10.0. The van der Waals surface area contributed by atoms with Crippen LogP contribution in [0, 0.1) is 0 Å². The van der Waals surface area contributed by atoms with Crippen LogP contribution in [0.25, 0.3) is 22.5 Å². The topological polar surface area (TPSA) is 76.7 Å². The number of benzene rings is 2. The van der Waals surface area contributed by atoms with E-state index in [9.17, 15) is 10.2 Å². The molecule has 6 nitrogen and oxygen atoms in total. The van der Waals surface area contributed by atoms with Crippen LogP contribution in [-0.2, 0) is 7.05 Å². The number of hydrogen-bond donors (Lipinski definition) is 2. The Balaban J connectivity index is 2.08. The second kappa shape index (κ2) is 6.16. The number of nitrogens with zero attached hydrogens (tertiary/aromatic N) is 2. The highest BCUT2D eigenvalue weighted by atomic mass is 16.5. The molecule has 6 heteroatoms. The molecular weight excluding hydrogens is 308 g/mol. The van der Waals surface area contributed by atoms with Gasteiger partial charge in [-0.15, -0.1) is 0 Å². The van der Waals surface area contributed by atoms with Crippen molar-refractivity contribution < 1.29 is 19.7 Å². The van der Waals surface area contributed by atoms with E-state index in [0.29, 0.717) is 11.5 Å². The van der Waals surface area contributed by atoms with Crippen LogP contribution in [0.3, 0.4) is 0 Å². The molecule has 0 fully saturated rings. The first-order chi connectivity index (χ1) is 11.5. The van der Waals surface area contributed by atoms with Gasteiger partial charge in [-0.25, -0.2) is 0 Å². The summed E-state index contributed by atoms with van der Waals surface area (Å²) < 4.78 is 12.1. The molecular formula is C18H18N2O4. The van der Waals surface area contributed by atoms with Crippen molar-refractivity contribution in [2.75, 3.05) is 14.2 Å². The van der Waals surface area contributed by atoms with E-state index in [4.69, 9.17) is 9.47 Å². The smallest absolute Gasteiger partial charge is 0.200 e. The van der Waals surface area contributed by atoms with Gasteiger partial charge in [0.15, 0.2) is 11.5 Å². The van der Waals surface area contributed by atoms with Gasteiger partial charge in [-0.2, -0.15) is 5.10 Å². The zero-order valence-corrected chi connectivity index (χ0v) is 13.6. The largest absolute Gasteiger partial charge is 0.508 e. The summed E-state index contributed by atoms with van der Waals surface area (Å²) in [5.74, 6) is 0.815. The number of aromatic hydroxyl groups is 2. The molecule has 0 spiro atoms. The van der Waals surface area contributed by atoms with Crippen LogP contribution in [-0.4, -0.2) is 34.2 Å². The molecule has 124 valence electrons. The highest BCUT2D eigenvalue weighted by molar-refractivity contribution is 5.72. The van der Waals surface area contributed by atoms with E-state index < -0.39 is 0 Å². The van der Waals surface area contributed by atoms with Crippen molar-refractivity contribution in [3.8, 4) is 45.5 Å². The summed E-state index contributed by atoms with van der Waals surface area (Å²) >= 11 is 0. The third-order valence-electron chi connectivity index (χ3n) is 3.82. The van der Waals surface area contributed by atoms with Gasteiger partial charge in [0, 0.05) is 18.2 Å². The Hall–Kier alpha value is -3.15. The quantitative estimate of drug-likeness (QED) is 0.770. The molecule has 0 amide bonds. The van der Waals surface area contributed by atoms with Gasteiger partial charge in [0.1, 0.15) is 5.75 Å². The van der Waals surface area contributed by atoms with Crippen LogP contribution in [0.5, 0.6) is 23.0 Å². The van der Waals surface area contributed by atoms with Crippen molar-refractivity contribution in [2.24, 2.45) is 7.05 Å². The average Bonchev–Trinajstić information content (AvgIpc) is 2.97. The SMILES string of the molecule is COc1cc(-c2cc(-c3ccc(O)cc3)n(C)n2)cc(OC)c1O. The van der Waals surface area contributed by atoms with Crippen LogP contribution in [0.1, 0.15) is 0 Å². The Labute approximate surface area is 139 Å². The van der Waals surface area contributed by atoms with E-state index in [1.54, 1.807) is 28.9 Å². The summed E-state index contributed by atoms with van der Waals surface area (Å²) in [7, 11) is 4.82. The van der Waals surface area contributed by atoms with Crippen molar-refractivity contribution in [2.45, 2.75) is 0 Å². The highest BCUT2D eigenvalue weighted by Crippen LogP contribution is 2.40. The second-order valence-corrected chi connectivity index (χ2v) is 5.31. The van der Waals surface area contributed by atoms with E-state index in [0.717, 1.165) is 22.5 Å². The summed E-state index contributed by atoms with van der Waals surface area (Å²) in [6.07, 6.45) is 0. The zero-order valence-electron chi connectivity index (χ0n) is 13.6. The average molecular weight is 326 g/mol. The molecule has 3 rings (SSSR count). The van der Waals surface area contributed by atoms with E-state index in [1.165, 1.54) is 14.2 Å². The predicted octanol–water partition coefficient (Wildman–Crippen LogP) is 3.18. The number of rotatable bonds is 4. The van der Waals surface area contributed by atoms with E-state index in [-0.39, 0.29) is 11.5 Å².